The van der Waals surface area contributed by atoms with Crippen LogP contribution in [0, 0.1) is 0 Å². The smallest absolute Gasteiger partial charge is 0.272 e. The van der Waals surface area contributed by atoms with Crippen molar-refractivity contribution in [3.8, 4) is 0 Å². The molecule has 0 aromatic carbocycles. The Morgan fingerprint density at radius 1 is 1.06 bits per heavy atom. The summed E-state index contributed by atoms with van der Waals surface area (Å²) in [5.41, 5.74) is 0. The zero-order valence-corrected chi connectivity index (χ0v) is 9.57. The molecule has 6 heteroatoms. The molecule has 4 rings (SSSR count). The van der Waals surface area contributed by atoms with Gasteiger partial charge >= 0.3 is 0 Å². The van der Waals surface area contributed by atoms with Crippen molar-refractivity contribution in [3.05, 3.63) is 0 Å². The molecule has 92 valence electrons. The van der Waals surface area contributed by atoms with Crippen LogP contribution in [-0.4, -0.2) is 74.2 Å². The van der Waals surface area contributed by atoms with E-state index in [-0.39, 0.29) is 30.5 Å². The highest BCUT2D eigenvalue weighted by molar-refractivity contribution is 5.08. The summed E-state index contributed by atoms with van der Waals surface area (Å²) in [7, 11) is 5.50. The highest BCUT2D eigenvalue weighted by Crippen LogP contribution is 2.42. The number of aliphatic hydroxyl groups excluding tert-OH is 1. The standard InChI is InChI=1S/C10H17NO5/c1-11(2)4-6-5(12)8-9(13-3)7(4)15-10(14-6)16-8/h4-10,12H,1-3H3/t4-,5+,6?,7?,8?,9-,10?/m1/s1. The Balaban J connectivity index is 1.94. The van der Waals surface area contributed by atoms with Gasteiger partial charge in [0.25, 0.3) is 6.48 Å². The second kappa shape index (κ2) is 3.63. The molecule has 4 bridgehead atoms. The quantitative estimate of drug-likeness (QED) is 0.642. The molecule has 6 nitrogen and oxygen atoms in total. The van der Waals surface area contributed by atoms with E-state index >= 15 is 0 Å². The molecule has 7 atom stereocenters. The molecular weight excluding hydrogens is 214 g/mol. The Morgan fingerprint density at radius 3 is 2.31 bits per heavy atom. The van der Waals surface area contributed by atoms with Crippen molar-refractivity contribution < 1.29 is 24.1 Å². The number of likely N-dealkylation sites (N-methyl/N-ethyl adjacent to an activating group) is 1. The second-order valence-electron chi connectivity index (χ2n) is 4.74. The maximum Gasteiger partial charge on any atom is 0.272 e. The zero-order valence-electron chi connectivity index (χ0n) is 9.57. The van der Waals surface area contributed by atoms with Gasteiger partial charge in [-0.2, -0.15) is 0 Å². The van der Waals surface area contributed by atoms with Gasteiger partial charge in [0.2, 0.25) is 0 Å². The summed E-state index contributed by atoms with van der Waals surface area (Å²) in [6.45, 7) is -0.647. The molecule has 0 amide bonds. The number of ether oxygens (including phenoxy) is 4. The van der Waals surface area contributed by atoms with Crippen molar-refractivity contribution in [2.75, 3.05) is 21.2 Å². The van der Waals surface area contributed by atoms with Crippen molar-refractivity contribution in [2.24, 2.45) is 0 Å². The Hall–Kier alpha value is -0.240. The van der Waals surface area contributed by atoms with E-state index in [1.807, 2.05) is 19.0 Å². The molecule has 3 aliphatic heterocycles. The van der Waals surface area contributed by atoms with Crippen LogP contribution in [-0.2, 0) is 18.9 Å². The van der Waals surface area contributed by atoms with Gasteiger partial charge in [-0.25, -0.2) is 0 Å². The SMILES string of the molecule is CO[C@H]1C2OC3OC([C@@H]2O)[C@@H](N(C)C)C1O3. The van der Waals surface area contributed by atoms with Gasteiger partial charge in [0.15, 0.2) is 0 Å². The number of methoxy groups -OCH3 is 1. The molecule has 0 aromatic rings. The number of hydrogen-bond acceptors (Lipinski definition) is 6. The lowest BCUT2D eigenvalue weighted by Crippen LogP contribution is -2.77. The molecule has 3 saturated heterocycles. The van der Waals surface area contributed by atoms with E-state index in [0.717, 1.165) is 0 Å². The van der Waals surface area contributed by atoms with Crippen LogP contribution in [0.1, 0.15) is 0 Å². The highest BCUT2D eigenvalue weighted by atomic mass is 16.9. The lowest BCUT2D eigenvalue weighted by Gasteiger charge is -2.59. The van der Waals surface area contributed by atoms with E-state index in [0.29, 0.717) is 0 Å². The third-order valence-electron chi connectivity index (χ3n) is 3.67. The molecule has 0 aromatic heterocycles. The minimum Gasteiger partial charge on any atom is -0.388 e. The minimum absolute atomic E-state index is 0.00338. The lowest BCUT2D eigenvalue weighted by atomic mass is 9.80. The third-order valence-corrected chi connectivity index (χ3v) is 3.67. The van der Waals surface area contributed by atoms with Gasteiger partial charge in [0.05, 0.1) is 6.04 Å². The zero-order chi connectivity index (χ0) is 11.4. The van der Waals surface area contributed by atoms with E-state index < -0.39 is 12.6 Å². The Labute approximate surface area is 94.0 Å². The van der Waals surface area contributed by atoms with Crippen LogP contribution in [0.5, 0.6) is 0 Å². The van der Waals surface area contributed by atoms with Crippen molar-refractivity contribution in [2.45, 2.75) is 43.0 Å². The molecular formula is C10H17NO5. The second-order valence-corrected chi connectivity index (χ2v) is 4.74. The van der Waals surface area contributed by atoms with E-state index in [1.165, 1.54) is 0 Å². The van der Waals surface area contributed by atoms with Crippen LogP contribution in [0.3, 0.4) is 0 Å². The molecule has 4 unspecified atom stereocenters. The first-order chi connectivity index (χ1) is 7.63. The summed E-state index contributed by atoms with van der Waals surface area (Å²) in [6.07, 6.45) is -1.61. The van der Waals surface area contributed by atoms with E-state index in [1.54, 1.807) is 7.11 Å². The lowest BCUT2D eigenvalue weighted by molar-refractivity contribution is -0.475. The largest absolute Gasteiger partial charge is 0.388 e. The number of hydrogen-bond donors (Lipinski definition) is 1. The highest BCUT2D eigenvalue weighted by Gasteiger charge is 2.62. The maximum atomic E-state index is 10.1. The average Bonchev–Trinajstić information content (AvgIpc) is 2.24. The molecule has 1 aliphatic carbocycles. The monoisotopic (exact) mass is 231 g/mol. The van der Waals surface area contributed by atoms with Crippen LogP contribution in [0.4, 0.5) is 0 Å². The molecule has 0 spiro atoms. The Morgan fingerprint density at radius 2 is 1.69 bits per heavy atom. The number of nitrogens with zero attached hydrogens (tertiary/aromatic N) is 1. The average molecular weight is 231 g/mol. The molecule has 4 fully saturated rings. The van der Waals surface area contributed by atoms with Crippen LogP contribution in [0.15, 0.2) is 0 Å². The Bertz CT molecular complexity index is 286. The normalized spacial score (nSPS) is 54.9. The number of rotatable bonds is 2. The van der Waals surface area contributed by atoms with Crippen LogP contribution in [0.2, 0.25) is 0 Å². The first-order valence-electron chi connectivity index (χ1n) is 5.47. The first kappa shape index (κ1) is 10.9. The van der Waals surface area contributed by atoms with E-state index in [4.69, 9.17) is 18.9 Å². The van der Waals surface area contributed by atoms with Crippen molar-refractivity contribution in [3.63, 3.8) is 0 Å². The predicted molar refractivity (Wildman–Crippen MR) is 52.7 cm³/mol. The van der Waals surface area contributed by atoms with Gasteiger partial charge in [-0.05, 0) is 14.1 Å². The van der Waals surface area contributed by atoms with Crippen LogP contribution < -0.4 is 0 Å². The summed E-state index contributed by atoms with van der Waals surface area (Å²) < 4.78 is 22.0. The fraction of sp³-hybridized carbons (Fsp3) is 1.00. The van der Waals surface area contributed by atoms with Crippen molar-refractivity contribution in [1.82, 2.24) is 4.90 Å². The molecule has 1 saturated carbocycles. The van der Waals surface area contributed by atoms with Crippen molar-refractivity contribution in [1.29, 1.82) is 0 Å². The molecule has 4 aliphatic rings. The summed E-state index contributed by atoms with van der Waals surface area (Å²) in [5, 5.41) is 10.1. The molecule has 3 heterocycles. The van der Waals surface area contributed by atoms with Gasteiger partial charge in [-0.1, -0.05) is 0 Å². The van der Waals surface area contributed by atoms with Gasteiger partial charge in [-0.15, -0.1) is 0 Å². The van der Waals surface area contributed by atoms with Crippen LogP contribution >= 0.6 is 0 Å². The van der Waals surface area contributed by atoms with E-state index in [9.17, 15) is 5.11 Å². The van der Waals surface area contributed by atoms with Gasteiger partial charge < -0.3 is 29.0 Å². The minimum atomic E-state index is -0.659. The van der Waals surface area contributed by atoms with Crippen LogP contribution in [0.25, 0.3) is 0 Å². The number of aliphatic hydroxyl groups is 1. The summed E-state index contributed by atoms with van der Waals surface area (Å²) in [5.74, 6) is 0. The van der Waals surface area contributed by atoms with E-state index in [2.05, 4.69) is 0 Å². The predicted octanol–water partition coefficient (Wildman–Crippen LogP) is -1.23. The summed E-state index contributed by atoms with van der Waals surface area (Å²) >= 11 is 0. The van der Waals surface area contributed by atoms with Crippen molar-refractivity contribution >= 4 is 0 Å². The first-order valence-corrected chi connectivity index (χ1v) is 5.47. The third kappa shape index (κ3) is 1.28. The fourth-order valence-corrected chi connectivity index (χ4v) is 2.97. The van der Waals surface area contributed by atoms with Gasteiger partial charge in [0, 0.05) is 7.11 Å². The van der Waals surface area contributed by atoms with Gasteiger partial charge in [0.1, 0.15) is 30.5 Å². The fourth-order valence-electron chi connectivity index (χ4n) is 2.97. The molecule has 0 radical (unpaired) electrons. The summed E-state index contributed by atoms with van der Waals surface area (Å²) in [6, 6.07) is -0.00338. The van der Waals surface area contributed by atoms with Gasteiger partial charge in [-0.3, -0.25) is 0 Å². The molecule has 1 N–H and O–H groups in total. The summed E-state index contributed by atoms with van der Waals surface area (Å²) in [4.78, 5) is 2.00. The molecule has 16 heavy (non-hydrogen) atoms. The maximum absolute atomic E-state index is 10.1. The Kier molecular flexibility index (Phi) is 2.47. The topological polar surface area (TPSA) is 60.4 Å².